The second kappa shape index (κ2) is 9.43. The van der Waals surface area contributed by atoms with Gasteiger partial charge in [0.1, 0.15) is 18.0 Å². The zero-order valence-electron chi connectivity index (χ0n) is 19.9. The predicted molar refractivity (Wildman–Crippen MR) is 137 cm³/mol. The normalized spacial score (nSPS) is 14.4. The van der Waals surface area contributed by atoms with Crippen LogP contribution in [0.15, 0.2) is 73.7 Å². The number of hydrogen-bond acceptors (Lipinski definition) is 7. The third-order valence-corrected chi connectivity index (χ3v) is 6.59. The summed E-state index contributed by atoms with van der Waals surface area (Å²) in [6.07, 6.45) is 10.5. The van der Waals surface area contributed by atoms with E-state index in [4.69, 9.17) is 4.98 Å². The fourth-order valence-electron chi connectivity index (χ4n) is 4.66. The van der Waals surface area contributed by atoms with E-state index in [-0.39, 0.29) is 5.82 Å². The monoisotopic (exact) mass is 480 g/mol. The third-order valence-electron chi connectivity index (χ3n) is 6.59. The molecule has 1 aliphatic heterocycles. The molecule has 8 nitrogen and oxygen atoms in total. The first-order valence-corrected chi connectivity index (χ1v) is 11.9. The number of aromatic nitrogens is 6. The Morgan fingerprint density at radius 3 is 2.44 bits per heavy atom. The summed E-state index contributed by atoms with van der Waals surface area (Å²) in [4.78, 5) is 22.4. The van der Waals surface area contributed by atoms with E-state index in [1.165, 1.54) is 12.3 Å². The Hall–Kier alpha value is -4.24. The average Bonchev–Trinajstić information content (AvgIpc) is 3.36. The fraction of sp³-hybridized carbons (Fsp3) is 0.222. The molecular formula is C27H25FN8. The van der Waals surface area contributed by atoms with Crippen LogP contribution < -0.4 is 4.90 Å². The summed E-state index contributed by atoms with van der Waals surface area (Å²) < 4.78 is 14.9. The van der Waals surface area contributed by atoms with Gasteiger partial charge in [-0.15, -0.1) is 0 Å². The van der Waals surface area contributed by atoms with Gasteiger partial charge in [-0.25, -0.2) is 19.3 Å². The first kappa shape index (κ1) is 22.2. The summed E-state index contributed by atoms with van der Waals surface area (Å²) in [5.41, 5.74) is 5.93. The first-order valence-electron chi connectivity index (χ1n) is 11.9. The van der Waals surface area contributed by atoms with Crippen LogP contribution in [-0.4, -0.2) is 60.8 Å². The molecule has 0 saturated carbocycles. The van der Waals surface area contributed by atoms with Gasteiger partial charge in [-0.2, -0.15) is 5.10 Å². The number of aryl methyl sites for hydroxylation is 1. The molecule has 0 aliphatic carbocycles. The van der Waals surface area contributed by atoms with E-state index < -0.39 is 0 Å². The van der Waals surface area contributed by atoms with Crippen molar-refractivity contribution >= 4 is 16.7 Å². The number of anilines is 1. The molecule has 0 spiro atoms. The Kier molecular flexibility index (Phi) is 5.82. The van der Waals surface area contributed by atoms with Gasteiger partial charge in [0, 0.05) is 74.9 Å². The van der Waals surface area contributed by atoms with Crippen molar-refractivity contribution in [2.75, 3.05) is 31.1 Å². The molecule has 0 bridgehead atoms. The molecule has 6 rings (SSSR count). The Balaban J connectivity index is 1.21. The maximum absolute atomic E-state index is 13.1. The fourth-order valence-corrected chi connectivity index (χ4v) is 4.66. The lowest BCUT2D eigenvalue weighted by Gasteiger charge is -2.35. The molecule has 0 atom stereocenters. The van der Waals surface area contributed by atoms with Crippen molar-refractivity contribution in [1.82, 2.24) is 34.6 Å². The van der Waals surface area contributed by atoms with Crippen LogP contribution in [0.1, 0.15) is 5.69 Å². The largest absolute Gasteiger partial charge is 0.354 e. The minimum absolute atomic E-state index is 0.303. The summed E-state index contributed by atoms with van der Waals surface area (Å²) in [5.74, 6) is 0.657. The van der Waals surface area contributed by atoms with Gasteiger partial charge < -0.3 is 4.90 Å². The zero-order chi connectivity index (χ0) is 24.5. The number of fused-ring (bicyclic) bond motifs is 1. The first-order chi connectivity index (χ1) is 17.6. The van der Waals surface area contributed by atoms with Crippen LogP contribution in [-0.2, 0) is 13.6 Å². The summed E-state index contributed by atoms with van der Waals surface area (Å²) in [6, 6.07) is 11.6. The van der Waals surface area contributed by atoms with E-state index in [0.717, 1.165) is 77.4 Å². The minimum Gasteiger partial charge on any atom is -0.354 e. The minimum atomic E-state index is -0.303. The highest BCUT2D eigenvalue weighted by atomic mass is 19.1. The van der Waals surface area contributed by atoms with Gasteiger partial charge in [0.05, 0.1) is 23.6 Å². The molecule has 1 aliphatic rings. The SMILES string of the molecule is Cn1cc(-c2cc(-c3ccc(N4CCN(Cc5ccc(F)cn5)CC4)nc3)c3cncnc3c2)cn1. The molecular weight excluding hydrogens is 455 g/mol. The van der Waals surface area contributed by atoms with E-state index in [1.807, 2.05) is 31.8 Å². The lowest BCUT2D eigenvalue weighted by Crippen LogP contribution is -2.46. The highest BCUT2D eigenvalue weighted by Gasteiger charge is 2.19. The second-order valence-corrected chi connectivity index (χ2v) is 9.02. The quantitative estimate of drug-likeness (QED) is 0.377. The van der Waals surface area contributed by atoms with Crippen molar-refractivity contribution in [3.63, 3.8) is 0 Å². The summed E-state index contributed by atoms with van der Waals surface area (Å²) >= 11 is 0. The van der Waals surface area contributed by atoms with Crippen molar-refractivity contribution in [3.8, 4) is 22.3 Å². The van der Waals surface area contributed by atoms with Gasteiger partial charge in [-0.1, -0.05) is 0 Å². The van der Waals surface area contributed by atoms with Crippen molar-refractivity contribution < 1.29 is 4.39 Å². The van der Waals surface area contributed by atoms with Crippen molar-refractivity contribution in [1.29, 1.82) is 0 Å². The van der Waals surface area contributed by atoms with Crippen LogP contribution >= 0.6 is 0 Å². The smallest absolute Gasteiger partial charge is 0.141 e. The number of benzene rings is 1. The van der Waals surface area contributed by atoms with E-state index in [0.29, 0.717) is 0 Å². The number of rotatable bonds is 5. The second-order valence-electron chi connectivity index (χ2n) is 9.02. The molecule has 0 unspecified atom stereocenters. The maximum atomic E-state index is 13.1. The van der Waals surface area contributed by atoms with E-state index >= 15 is 0 Å². The van der Waals surface area contributed by atoms with Crippen molar-refractivity contribution in [2.45, 2.75) is 6.54 Å². The molecule has 0 radical (unpaired) electrons. The molecule has 180 valence electrons. The zero-order valence-corrected chi connectivity index (χ0v) is 19.9. The Labute approximate surface area is 208 Å². The van der Waals surface area contributed by atoms with Gasteiger partial charge in [-0.05, 0) is 47.5 Å². The van der Waals surface area contributed by atoms with Gasteiger partial charge in [-0.3, -0.25) is 14.6 Å². The molecule has 5 heterocycles. The summed E-state index contributed by atoms with van der Waals surface area (Å²) in [5, 5.41) is 5.30. The Bertz CT molecular complexity index is 1490. The molecule has 1 saturated heterocycles. The number of hydrogen-bond donors (Lipinski definition) is 0. The van der Waals surface area contributed by atoms with Crippen LogP contribution in [0.25, 0.3) is 33.2 Å². The summed E-state index contributed by atoms with van der Waals surface area (Å²) in [7, 11) is 1.91. The van der Waals surface area contributed by atoms with Crippen LogP contribution in [0, 0.1) is 5.82 Å². The number of pyridine rings is 2. The predicted octanol–water partition coefficient (Wildman–Crippen LogP) is 3.95. The molecule has 4 aromatic heterocycles. The Morgan fingerprint density at radius 2 is 1.72 bits per heavy atom. The summed E-state index contributed by atoms with van der Waals surface area (Å²) in [6.45, 7) is 4.28. The van der Waals surface area contributed by atoms with E-state index in [1.54, 1.807) is 17.1 Å². The maximum Gasteiger partial charge on any atom is 0.141 e. The van der Waals surface area contributed by atoms with Gasteiger partial charge in [0.15, 0.2) is 0 Å². The lowest BCUT2D eigenvalue weighted by atomic mass is 9.97. The molecule has 1 fully saturated rings. The van der Waals surface area contributed by atoms with Crippen molar-refractivity contribution in [2.24, 2.45) is 7.05 Å². The molecule has 5 aromatic rings. The van der Waals surface area contributed by atoms with E-state index in [9.17, 15) is 4.39 Å². The standard InChI is InChI=1S/C27H25FN8/c1-34-16-21(13-33-34)20-10-24(25-15-29-18-32-26(25)11-20)19-2-5-27(31-12-19)36-8-6-35(7-9-36)17-23-4-3-22(28)14-30-23/h2-5,10-16,18H,6-9,17H2,1H3. The number of piperazine rings is 1. The van der Waals surface area contributed by atoms with Gasteiger partial charge in [0.2, 0.25) is 0 Å². The lowest BCUT2D eigenvalue weighted by molar-refractivity contribution is 0.246. The van der Waals surface area contributed by atoms with Crippen LogP contribution in [0.5, 0.6) is 0 Å². The van der Waals surface area contributed by atoms with Crippen LogP contribution in [0.2, 0.25) is 0 Å². The third kappa shape index (κ3) is 4.52. The molecule has 36 heavy (non-hydrogen) atoms. The number of nitrogens with zero attached hydrogens (tertiary/aromatic N) is 8. The topological polar surface area (TPSA) is 75.9 Å². The highest BCUT2D eigenvalue weighted by molar-refractivity contribution is 5.97. The molecule has 0 amide bonds. The Morgan fingerprint density at radius 1 is 0.833 bits per heavy atom. The molecule has 0 N–H and O–H groups in total. The highest BCUT2D eigenvalue weighted by Crippen LogP contribution is 2.33. The molecule has 1 aromatic carbocycles. The van der Waals surface area contributed by atoms with Gasteiger partial charge >= 0.3 is 0 Å². The van der Waals surface area contributed by atoms with Gasteiger partial charge in [0.25, 0.3) is 0 Å². The van der Waals surface area contributed by atoms with Crippen LogP contribution in [0.4, 0.5) is 10.2 Å². The molecule has 9 heteroatoms. The number of halogens is 1. The van der Waals surface area contributed by atoms with E-state index in [2.05, 4.69) is 54.1 Å². The average molecular weight is 481 g/mol. The van der Waals surface area contributed by atoms with Crippen LogP contribution in [0.3, 0.4) is 0 Å². The van der Waals surface area contributed by atoms with Crippen molar-refractivity contribution in [3.05, 3.63) is 85.2 Å².